The number of rotatable bonds is 3. The molecule has 0 aromatic heterocycles. The second kappa shape index (κ2) is 5.41. The molecule has 3 nitrogen and oxygen atoms in total. The van der Waals surface area contributed by atoms with Gasteiger partial charge in [0.25, 0.3) is 0 Å². The molecule has 1 aliphatic heterocycles. The standard InChI is InChI=1S/C14H19BrN2O/c1-3-14(7-4-8-16-14)13(18)17-12-6-5-11(15)9-10(12)2/h5-6,9,16H,3-4,7-8H2,1-2H3,(H,17,18). The van der Waals surface area contributed by atoms with Crippen LogP contribution in [0.25, 0.3) is 0 Å². The quantitative estimate of drug-likeness (QED) is 0.900. The Morgan fingerprint density at radius 3 is 2.89 bits per heavy atom. The Morgan fingerprint density at radius 1 is 1.56 bits per heavy atom. The van der Waals surface area contributed by atoms with Crippen LogP contribution in [0.5, 0.6) is 0 Å². The number of anilines is 1. The topological polar surface area (TPSA) is 41.1 Å². The first-order valence-corrected chi connectivity index (χ1v) is 7.19. The van der Waals surface area contributed by atoms with Crippen molar-refractivity contribution < 1.29 is 4.79 Å². The fourth-order valence-corrected chi connectivity index (χ4v) is 2.95. The predicted octanol–water partition coefficient (Wildman–Crippen LogP) is 3.23. The summed E-state index contributed by atoms with van der Waals surface area (Å²) < 4.78 is 1.03. The molecular formula is C14H19BrN2O. The summed E-state index contributed by atoms with van der Waals surface area (Å²) in [5, 5.41) is 6.40. The molecule has 2 rings (SSSR count). The molecule has 4 heteroatoms. The van der Waals surface area contributed by atoms with Gasteiger partial charge < -0.3 is 10.6 Å². The van der Waals surface area contributed by atoms with Gasteiger partial charge in [-0.25, -0.2) is 0 Å². The van der Waals surface area contributed by atoms with E-state index in [0.29, 0.717) is 0 Å². The Hall–Kier alpha value is -0.870. The molecule has 18 heavy (non-hydrogen) atoms. The van der Waals surface area contributed by atoms with Crippen LogP contribution < -0.4 is 10.6 Å². The highest BCUT2D eigenvalue weighted by Gasteiger charge is 2.39. The first kappa shape index (κ1) is 13.6. The van der Waals surface area contributed by atoms with Gasteiger partial charge in [-0.3, -0.25) is 4.79 Å². The Balaban J connectivity index is 2.15. The van der Waals surface area contributed by atoms with Crippen LogP contribution in [-0.4, -0.2) is 18.0 Å². The van der Waals surface area contributed by atoms with Crippen LogP contribution in [0, 0.1) is 6.92 Å². The summed E-state index contributed by atoms with van der Waals surface area (Å²) in [6.07, 6.45) is 2.82. The summed E-state index contributed by atoms with van der Waals surface area (Å²) in [5.74, 6) is 0.0907. The van der Waals surface area contributed by atoms with Gasteiger partial charge in [0.15, 0.2) is 0 Å². The number of hydrogen-bond donors (Lipinski definition) is 2. The van der Waals surface area contributed by atoms with Gasteiger partial charge >= 0.3 is 0 Å². The number of halogens is 1. The number of hydrogen-bond acceptors (Lipinski definition) is 2. The van der Waals surface area contributed by atoms with Crippen LogP contribution in [-0.2, 0) is 4.79 Å². The maximum absolute atomic E-state index is 12.4. The highest BCUT2D eigenvalue weighted by molar-refractivity contribution is 9.10. The van der Waals surface area contributed by atoms with E-state index in [9.17, 15) is 4.79 Å². The van der Waals surface area contributed by atoms with Gasteiger partial charge in [0.1, 0.15) is 0 Å². The van der Waals surface area contributed by atoms with Gasteiger partial charge in [0, 0.05) is 10.2 Å². The second-order valence-electron chi connectivity index (χ2n) is 4.88. The van der Waals surface area contributed by atoms with Gasteiger partial charge in [-0.15, -0.1) is 0 Å². The Kier molecular flexibility index (Phi) is 4.07. The molecule has 1 saturated heterocycles. The van der Waals surface area contributed by atoms with Crippen molar-refractivity contribution in [2.75, 3.05) is 11.9 Å². The fourth-order valence-electron chi connectivity index (χ4n) is 2.47. The van der Waals surface area contributed by atoms with E-state index in [2.05, 4.69) is 33.5 Å². The van der Waals surface area contributed by atoms with Crippen LogP contribution in [0.3, 0.4) is 0 Å². The van der Waals surface area contributed by atoms with E-state index in [0.717, 1.165) is 41.5 Å². The molecule has 0 aliphatic carbocycles. The summed E-state index contributed by atoms with van der Waals surface area (Å²) in [6.45, 7) is 4.99. The lowest BCUT2D eigenvalue weighted by Crippen LogP contribution is -2.50. The van der Waals surface area contributed by atoms with Crippen LogP contribution in [0.4, 0.5) is 5.69 Å². The molecule has 1 atom stereocenters. The van der Waals surface area contributed by atoms with E-state index in [1.165, 1.54) is 0 Å². The molecule has 0 bridgehead atoms. The number of nitrogens with one attached hydrogen (secondary N) is 2. The van der Waals surface area contributed by atoms with Crippen molar-refractivity contribution in [3.05, 3.63) is 28.2 Å². The molecule has 1 fully saturated rings. The molecule has 2 N–H and O–H groups in total. The largest absolute Gasteiger partial charge is 0.324 e. The van der Waals surface area contributed by atoms with Gasteiger partial charge in [0.2, 0.25) is 5.91 Å². The normalized spacial score (nSPS) is 23.1. The van der Waals surface area contributed by atoms with Crippen LogP contribution in [0.1, 0.15) is 31.7 Å². The van der Waals surface area contributed by atoms with Gasteiger partial charge in [-0.1, -0.05) is 22.9 Å². The molecular weight excluding hydrogens is 292 g/mol. The molecule has 0 radical (unpaired) electrons. The van der Waals surface area contributed by atoms with E-state index in [4.69, 9.17) is 0 Å². The molecule has 1 aliphatic rings. The van der Waals surface area contributed by atoms with Crippen molar-refractivity contribution in [3.8, 4) is 0 Å². The van der Waals surface area contributed by atoms with Crippen LogP contribution >= 0.6 is 15.9 Å². The zero-order chi connectivity index (χ0) is 13.2. The molecule has 1 aromatic rings. The first-order valence-electron chi connectivity index (χ1n) is 6.40. The molecule has 1 unspecified atom stereocenters. The molecule has 1 aromatic carbocycles. The SMILES string of the molecule is CCC1(C(=O)Nc2ccc(Br)cc2C)CCCN1. The minimum absolute atomic E-state index is 0.0907. The van der Waals surface area contributed by atoms with Gasteiger partial charge in [0.05, 0.1) is 5.54 Å². The van der Waals surface area contributed by atoms with E-state index >= 15 is 0 Å². The number of carbonyl (C=O) groups is 1. The average Bonchev–Trinajstić information content (AvgIpc) is 2.82. The smallest absolute Gasteiger partial charge is 0.244 e. The van der Waals surface area contributed by atoms with E-state index < -0.39 is 0 Å². The average molecular weight is 311 g/mol. The van der Waals surface area contributed by atoms with Crippen molar-refractivity contribution >= 4 is 27.5 Å². The zero-order valence-electron chi connectivity index (χ0n) is 10.8. The summed E-state index contributed by atoms with van der Waals surface area (Å²) in [6, 6.07) is 5.90. The molecule has 98 valence electrons. The first-order chi connectivity index (χ1) is 8.57. The van der Waals surface area contributed by atoms with Gasteiger partial charge in [-0.2, -0.15) is 0 Å². The minimum Gasteiger partial charge on any atom is -0.324 e. The lowest BCUT2D eigenvalue weighted by Gasteiger charge is -2.27. The maximum Gasteiger partial charge on any atom is 0.244 e. The monoisotopic (exact) mass is 310 g/mol. The highest BCUT2D eigenvalue weighted by Crippen LogP contribution is 2.26. The lowest BCUT2D eigenvalue weighted by atomic mass is 9.93. The van der Waals surface area contributed by atoms with Crippen molar-refractivity contribution in [1.82, 2.24) is 5.32 Å². The molecule has 0 spiro atoms. The van der Waals surface area contributed by atoms with Crippen molar-refractivity contribution in [3.63, 3.8) is 0 Å². The summed E-state index contributed by atoms with van der Waals surface area (Å²) >= 11 is 3.43. The summed E-state index contributed by atoms with van der Waals surface area (Å²) in [4.78, 5) is 12.4. The molecule has 1 heterocycles. The molecule has 1 amide bonds. The number of amides is 1. The van der Waals surface area contributed by atoms with E-state index in [1.54, 1.807) is 0 Å². The molecule has 0 saturated carbocycles. The third-order valence-electron chi connectivity index (χ3n) is 3.72. The van der Waals surface area contributed by atoms with Crippen LogP contribution in [0.2, 0.25) is 0 Å². The Bertz CT molecular complexity index is 453. The van der Waals surface area contributed by atoms with Crippen LogP contribution in [0.15, 0.2) is 22.7 Å². The third-order valence-corrected chi connectivity index (χ3v) is 4.21. The van der Waals surface area contributed by atoms with E-state index in [-0.39, 0.29) is 11.4 Å². The zero-order valence-corrected chi connectivity index (χ0v) is 12.4. The number of benzene rings is 1. The number of aryl methyl sites for hydroxylation is 1. The van der Waals surface area contributed by atoms with E-state index in [1.807, 2.05) is 25.1 Å². The Morgan fingerprint density at radius 2 is 2.33 bits per heavy atom. The van der Waals surface area contributed by atoms with Crippen molar-refractivity contribution in [2.24, 2.45) is 0 Å². The maximum atomic E-state index is 12.4. The van der Waals surface area contributed by atoms with Crippen molar-refractivity contribution in [1.29, 1.82) is 0 Å². The van der Waals surface area contributed by atoms with Gasteiger partial charge in [-0.05, 0) is 56.5 Å². The summed E-state index contributed by atoms with van der Waals surface area (Å²) in [7, 11) is 0. The predicted molar refractivity (Wildman–Crippen MR) is 77.8 cm³/mol. The minimum atomic E-state index is -0.375. The Labute approximate surface area is 116 Å². The fraction of sp³-hybridized carbons (Fsp3) is 0.500. The van der Waals surface area contributed by atoms with Crippen molar-refractivity contribution in [2.45, 2.75) is 38.6 Å². The highest BCUT2D eigenvalue weighted by atomic mass is 79.9. The lowest BCUT2D eigenvalue weighted by molar-refractivity contribution is -0.122. The second-order valence-corrected chi connectivity index (χ2v) is 5.80. The number of carbonyl (C=O) groups excluding carboxylic acids is 1. The third kappa shape index (κ3) is 2.59. The summed E-state index contributed by atoms with van der Waals surface area (Å²) in [5.41, 5.74) is 1.59.